The number of rotatable bonds is 4. The molecule has 0 heterocycles. The van der Waals surface area contributed by atoms with Crippen LogP contribution < -0.4 is 0 Å². The van der Waals surface area contributed by atoms with Gasteiger partial charge in [-0.1, -0.05) is 34.1 Å². The van der Waals surface area contributed by atoms with Crippen LogP contribution in [-0.2, 0) is 0 Å². The first kappa shape index (κ1) is 8.59. The van der Waals surface area contributed by atoms with E-state index < -0.39 is 0 Å². The van der Waals surface area contributed by atoms with Gasteiger partial charge in [-0.3, -0.25) is 0 Å². The normalized spacial score (nSPS) is 45.8. The second kappa shape index (κ2) is 2.49. The first-order chi connectivity index (χ1) is 5.62. The van der Waals surface area contributed by atoms with E-state index in [0.29, 0.717) is 0 Å². The minimum atomic E-state index is 0.879. The Bertz CT molecular complexity index is 182. The molecule has 0 aromatic carbocycles. The van der Waals surface area contributed by atoms with Gasteiger partial charge in [0.15, 0.2) is 0 Å². The summed E-state index contributed by atoms with van der Waals surface area (Å²) >= 11 is 0. The highest BCUT2D eigenvalue weighted by Crippen LogP contribution is 2.84. The van der Waals surface area contributed by atoms with Crippen LogP contribution in [0.15, 0.2) is 0 Å². The van der Waals surface area contributed by atoms with Crippen molar-refractivity contribution in [3.8, 4) is 0 Å². The lowest BCUT2D eigenvalue weighted by Gasteiger charge is -2.18. The van der Waals surface area contributed by atoms with Crippen molar-refractivity contribution in [1.29, 1.82) is 0 Å². The summed E-state index contributed by atoms with van der Waals surface area (Å²) in [6.45, 7) is 9.52. The summed E-state index contributed by atoms with van der Waals surface area (Å²) in [6, 6.07) is 0. The largest absolute Gasteiger partial charge is 0.0651 e. The van der Waals surface area contributed by atoms with Crippen LogP contribution in [0.3, 0.4) is 0 Å². The van der Waals surface area contributed by atoms with Gasteiger partial charge in [0.25, 0.3) is 0 Å². The van der Waals surface area contributed by atoms with Crippen molar-refractivity contribution in [3.05, 3.63) is 0 Å². The highest BCUT2D eigenvalue weighted by Gasteiger charge is 2.78. The van der Waals surface area contributed by atoms with Crippen LogP contribution in [0.25, 0.3) is 0 Å². The van der Waals surface area contributed by atoms with E-state index in [-0.39, 0.29) is 0 Å². The lowest BCUT2D eigenvalue weighted by atomic mass is 9.87. The Morgan fingerprint density at radius 2 is 2.00 bits per heavy atom. The predicted octanol–water partition coefficient (Wildman–Crippen LogP) is 3.71. The molecule has 0 saturated heterocycles. The number of hydrogen-bond acceptors (Lipinski definition) is 0. The highest BCUT2D eigenvalue weighted by molar-refractivity contribution is 5.26. The van der Waals surface area contributed by atoms with Crippen LogP contribution in [0.1, 0.15) is 47.0 Å². The van der Waals surface area contributed by atoms with Crippen LogP contribution in [0, 0.1) is 29.1 Å². The second-order valence-corrected chi connectivity index (χ2v) is 5.55. The Labute approximate surface area is 76.7 Å². The molecule has 2 saturated carbocycles. The van der Waals surface area contributed by atoms with Crippen molar-refractivity contribution >= 4 is 0 Å². The van der Waals surface area contributed by atoms with Crippen molar-refractivity contribution in [1.82, 2.24) is 0 Å². The van der Waals surface area contributed by atoms with Crippen LogP contribution in [-0.4, -0.2) is 0 Å². The van der Waals surface area contributed by atoms with E-state index in [4.69, 9.17) is 0 Å². The van der Waals surface area contributed by atoms with Crippen LogP contribution >= 0.6 is 0 Å². The van der Waals surface area contributed by atoms with Gasteiger partial charge in [0.05, 0.1) is 0 Å². The molecule has 0 aromatic heterocycles. The fraction of sp³-hybridized carbons (Fsp3) is 1.00. The molecule has 4 unspecified atom stereocenters. The topological polar surface area (TPSA) is 0 Å². The molecule has 2 aliphatic carbocycles. The standard InChI is InChI=1S/C12H22/c1-5-9(4)11-10-7-12(10,11)6-8(2)3/h8-11H,5-7H2,1-4H3. The van der Waals surface area contributed by atoms with Gasteiger partial charge in [-0.2, -0.15) is 0 Å². The summed E-state index contributed by atoms with van der Waals surface area (Å²) in [5.74, 6) is 4.21. The molecular formula is C12H22. The Hall–Kier alpha value is 0. The third-order valence-corrected chi connectivity index (χ3v) is 4.21. The lowest BCUT2D eigenvalue weighted by Crippen LogP contribution is -2.10. The summed E-state index contributed by atoms with van der Waals surface area (Å²) in [7, 11) is 0. The van der Waals surface area contributed by atoms with Gasteiger partial charge < -0.3 is 0 Å². The zero-order valence-electron chi connectivity index (χ0n) is 8.93. The summed E-state index contributed by atoms with van der Waals surface area (Å²) in [6.07, 6.45) is 4.47. The van der Waals surface area contributed by atoms with Crippen molar-refractivity contribution in [3.63, 3.8) is 0 Å². The van der Waals surface area contributed by atoms with Gasteiger partial charge in [0, 0.05) is 0 Å². The first-order valence-electron chi connectivity index (χ1n) is 5.62. The van der Waals surface area contributed by atoms with Crippen molar-refractivity contribution in [2.45, 2.75) is 47.0 Å². The average molecular weight is 166 g/mol. The molecule has 70 valence electrons. The molecule has 0 heteroatoms. The van der Waals surface area contributed by atoms with E-state index >= 15 is 0 Å². The minimum Gasteiger partial charge on any atom is -0.0651 e. The van der Waals surface area contributed by atoms with E-state index in [9.17, 15) is 0 Å². The highest BCUT2D eigenvalue weighted by atomic mass is 14.8. The van der Waals surface area contributed by atoms with Gasteiger partial charge in [-0.15, -0.1) is 0 Å². The Kier molecular flexibility index (Phi) is 1.79. The van der Waals surface area contributed by atoms with E-state index in [1.54, 1.807) is 6.42 Å². The van der Waals surface area contributed by atoms with E-state index in [1.807, 2.05) is 0 Å². The van der Waals surface area contributed by atoms with Crippen molar-refractivity contribution < 1.29 is 0 Å². The molecule has 0 aliphatic heterocycles. The van der Waals surface area contributed by atoms with E-state index in [0.717, 1.165) is 29.1 Å². The van der Waals surface area contributed by atoms with E-state index in [2.05, 4.69) is 27.7 Å². The SMILES string of the molecule is CCC(C)C1C2CC21CC(C)C. The maximum Gasteiger partial charge on any atom is -0.0227 e. The maximum absolute atomic E-state index is 2.44. The van der Waals surface area contributed by atoms with Crippen LogP contribution in [0.2, 0.25) is 0 Å². The fourth-order valence-electron chi connectivity index (χ4n) is 3.41. The van der Waals surface area contributed by atoms with Gasteiger partial charge in [0.1, 0.15) is 0 Å². The maximum atomic E-state index is 2.44. The number of fused-ring (bicyclic) bond motifs is 1. The first-order valence-corrected chi connectivity index (χ1v) is 5.62. The average Bonchev–Trinajstić information content (AvgIpc) is 2.75. The Morgan fingerprint density at radius 3 is 2.42 bits per heavy atom. The van der Waals surface area contributed by atoms with Crippen molar-refractivity contribution in [2.75, 3.05) is 0 Å². The zero-order valence-corrected chi connectivity index (χ0v) is 8.93. The second-order valence-electron chi connectivity index (χ2n) is 5.55. The van der Waals surface area contributed by atoms with Gasteiger partial charge in [-0.25, -0.2) is 0 Å². The molecule has 12 heavy (non-hydrogen) atoms. The molecule has 0 aromatic rings. The van der Waals surface area contributed by atoms with Crippen LogP contribution in [0.4, 0.5) is 0 Å². The summed E-state index contributed by atoms with van der Waals surface area (Å²) in [5, 5.41) is 0. The third kappa shape index (κ3) is 1.03. The molecule has 0 radical (unpaired) electrons. The van der Waals surface area contributed by atoms with Crippen LogP contribution in [0.5, 0.6) is 0 Å². The van der Waals surface area contributed by atoms with E-state index in [1.165, 1.54) is 12.8 Å². The quantitative estimate of drug-likeness (QED) is 0.597. The monoisotopic (exact) mass is 166 g/mol. The van der Waals surface area contributed by atoms with Crippen molar-refractivity contribution in [2.24, 2.45) is 29.1 Å². The Morgan fingerprint density at radius 1 is 1.33 bits per heavy atom. The fourth-order valence-corrected chi connectivity index (χ4v) is 3.41. The third-order valence-electron chi connectivity index (χ3n) is 4.21. The van der Waals surface area contributed by atoms with Gasteiger partial charge in [-0.05, 0) is 41.9 Å². The minimum absolute atomic E-state index is 0.879. The van der Waals surface area contributed by atoms with Gasteiger partial charge in [0.2, 0.25) is 0 Å². The molecule has 0 bridgehead atoms. The molecular weight excluding hydrogens is 144 g/mol. The lowest BCUT2D eigenvalue weighted by molar-refractivity contribution is 0.313. The molecule has 0 nitrogen and oxygen atoms in total. The molecule has 0 amide bonds. The smallest absolute Gasteiger partial charge is 0.0227 e. The molecule has 2 aliphatic rings. The summed E-state index contributed by atoms with van der Waals surface area (Å²) < 4.78 is 0. The predicted molar refractivity (Wildman–Crippen MR) is 52.9 cm³/mol. The van der Waals surface area contributed by atoms with Gasteiger partial charge >= 0.3 is 0 Å². The Balaban J connectivity index is 1.86. The molecule has 0 N–H and O–H groups in total. The summed E-state index contributed by atoms with van der Waals surface area (Å²) in [4.78, 5) is 0. The molecule has 4 atom stereocenters. The number of hydrogen-bond donors (Lipinski definition) is 0. The molecule has 0 spiro atoms. The zero-order chi connectivity index (χ0) is 8.93. The molecule has 2 rings (SSSR count). The molecule has 2 fully saturated rings. The summed E-state index contributed by atoms with van der Waals surface area (Å²) in [5.41, 5.74) is 0.879.